The predicted octanol–water partition coefficient (Wildman–Crippen LogP) is 3.62. The Hall–Kier alpha value is -1.65. The molecule has 2 N–H and O–H groups in total. The van der Waals surface area contributed by atoms with Crippen molar-refractivity contribution in [3.05, 3.63) is 57.7 Å². The van der Waals surface area contributed by atoms with Crippen LogP contribution in [-0.4, -0.2) is 17.0 Å². The van der Waals surface area contributed by atoms with Gasteiger partial charge in [-0.15, -0.1) is 0 Å². The van der Waals surface area contributed by atoms with Crippen molar-refractivity contribution in [3.8, 4) is 0 Å². The molecular formula is C16H18ClN3S. The summed E-state index contributed by atoms with van der Waals surface area (Å²) in [6.07, 6.45) is 0. The first-order valence-electron chi connectivity index (χ1n) is 6.62. The highest BCUT2D eigenvalue weighted by Crippen LogP contribution is 2.23. The van der Waals surface area contributed by atoms with E-state index in [1.807, 2.05) is 51.2 Å². The lowest BCUT2D eigenvalue weighted by Crippen LogP contribution is -2.24. The maximum atomic E-state index is 5.91. The number of anilines is 1. The Kier molecular flexibility index (Phi) is 4.80. The molecule has 0 bridgehead atoms. The molecule has 2 rings (SSSR count). The van der Waals surface area contributed by atoms with Gasteiger partial charge in [-0.1, -0.05) is 36.0 Å². The van der Waals surface area contributed by atoms with Crippen LogP contribution in [0.3, 0.4) is 0 Å². The second-order valence-corrected chi connectivity index (χ2v) is 6.00. The van der Waals surface area contributed by atoms with Crippen molar-refractivity contribution in [1.29, 1.82) is 0 Å². The van der Waals surface area contributed by atoms with E-state index in [0.717, 1.165) is 33.2 Å². The Labute approximate surface area is 135 Å². The molecule has 0 aliphatic rings. The number of halogens is 1. The van der Waals surface area contributed by atoms with E-state index in [1.54, 1.807) is 0 Å². The fourth-order valence-electron chi connectivity index (χ4n) is 2.34. The third kappa shape index (κ3) is 3.71. The van der Waals surface area contributed by atoms with Crippen LogP contribution in [-0.2, 0) is 6.54 Å². The second kappa shape index (κ2) is 6.41. The van der Waals surface area contributed by atoms with Gasteiger partial charge in [0.2, 0.25) is 0 Å². The second-order valence-electron chi connectivity index (χ2n) is 5.13. The molecule has 0 atom stereocenters. The Morgan fingerprint density at radius 3 is 2.48 bits per heavy atom. The van der Waals surface area contributed by atoms with Crippen molar-refractivity contribution >= 4 is 34.6 Å². The summed E-state index contributed by atoms with van der Waals surface area (Å²) >= 11 is 11.1. The number of pyridine rings is 1. The van der Waals surface area contributed by atoms with Gasteiger partial charge in [0.15, 0.2) is 0 Å². The van der Waals surface area contributed by atoms with Gasteiger partial charge in [0.05, 0.1) is 5.56 Å². The number of nitrogens with zero attached hydrogens (tertiary/aromatic N) is 2. The number of aryl methyl sites for hydroxylation is 2. The van der Waals surface area contributed by atoms with Crippen LogP contribution in [0.5, 0.6) is 0 Å². The maximum absolute atomic E-state index is 5.91. The quantitative estimate of drug-likeness (QED) is 0.874. The summed E-state index contributed by atoms with van der Waals surface area (Å²) in [6, 6.07) is 9.76. The predicted molar refractivity (Wildman–Crippen MR) is 93.2 cm³/mol. The molecule has 0 amide bonds. The lowest BCUT2D eigenvalue weighted by molar-refractivity contribution is 0.888. The first-order chi connectivity index (χ1) is 9.88. The molecule has 0 radical (unpaired) electrons. The molecule has 2 aromatic rings. The molecule has 0 saturated carbocycles. The van der Waals surface area contributed by atoms with Gasteiger partial charge in [-0.2, -0.15) is 0 Å². The first kappa shape index (κ1) is 15.7. The normalized spacial score (nSPS) is 10.5. The number of benzene rings is 1. The molecule has 0 saturated heterocycles. The lowest BCUT2D eigenvalue weighted by Gasteiger charge is -2.23. The summed E-state index contributed by atoms with van der Waals surface area (Å²) in [4.78, 5) is 7.03. The molecule has 1 aromatic carbocycles. The molecule has 3 nitrogen and oxygen atoms in total. The van der Waals surface area contributed by atoms with Crippen LogP contribution in [0.1, 0.15) is 22.4 Å². The molecule has 1 heterocycles. The molecule has 21 heavy (non-hydrogen) atoms. The van der Waals surface area contributed by atoms with E-state index in [9.17, 15) is 0 Å². The number of aromatic nitrogens is 1. The summed E-state index contributed by atoms with van der Waals surface area (Å²) in [5.74, 6) is 0.815. The van der Waals surface area contributed by atoms with Gasteiger partial charge >= 0.3 is 0 Å². The minimum Gasteiger partial charge on any atom is -0.389 e. The summed E-state index contributed by atoms with van der Waals surface area (Å²) in [5.41, 5.74) is 9.85. The third-order valence-electron chi connectivity index (χ3n) is 3.27. The van der Waals surface area contributed by atoms with Crippen LogP contribution < -0.4 is 10.6 Å². The lowest BCUT2D eigenvalue weighted by atomic mass is 10.1. The molecule has 0 spiro atoms. The third-order valence-corrected chi connectivity index (χ3v) is 3.72. The fourth-order valence-corrected chi connectivity index (χ4v) is 2.71. The zero-order valence-electron chi connectivity index (χ0n) is 12.4. The SMILES string of the molecule is Cc1cc(C)c(C(N)=S)c(N(C)Cc2ccc(Cl)cc2)n1. The Bertz CT molecular complexity index is 668. The van der Waals surface area contributed by atoms with E-state index in [1.165, 1.54) is 0 Å². The van der Waals surface area contributed by atoms with E-state index >= 15 is 0 Å². The average Bonchev–Trinajstić information content (AvgIpc) is 2.39. The summed E-state index contributed by atoms with van der Waals surface area (Å²) < 4.78 is 0. The van der Waals surface area contributed by atoms with Gasteiger partial charge in [-0.25, -0.2) is 4.98 Å². The highest BCUT2D eigenvalue weighted by atomic mass is 35.5. The van der Waals surface area contributed by atoms with Crippen LogP contribution in [0.25, 0.3) is 0 Å². The zero-order chi connectivity index (χ0) is 15.6. The van der Waals surface area contributed by atoms with E-state index in [-0.39, 0.29) is 0 Å². The monoisotopic (exact) mass is 319 g/mol. The van der Waals surface area contributed by atoms with E-state index < -0.39 is 0 Å². The zero-order valence-corrected chi connectivity index (χ0v) is 13.9. The van der Waals surface area contributed by atoms with Gasteiger partial charge < -0.3 is 10.6 Å². The Morgan fingerprint density at radius 1 is 1.29 bits per heavy atom. The summed E-state index contributed by atoms with van der Waals surface area (Å²) in [7, 11) is 1.98. The van der Waals surface area contributed by atoms with Gasteiger partial charge in [0.25, 0.3) is 0 Å². The highest BCUT2D eigenvalue weighted by Gasteiger charge is 2.15. The highest BCUT2D eigenvalue weighted by molar-refractivity contribution is 7.80. The van der Waals surface area contributed by atoms with Crippen molar-refractivity contribution in [3.63, 3.8) is 0 Å². The molecule has 5 heteroatoms. The molecule has 0 aliphatic heterocycles. The van der Waals surface area contributed by atoms with Crippen LogP contribution in [0.15, 0.2) is 30.3 Å². The smallest absolute Gasteiger partial charge is 0.139 e. The molecule has 110 valence electrons. The standard InChI is InChI=1S/C16H18ClN3S/c1-10-8-11(2)19-16(14(10)15(18)21)20(3)9-12-4-6-13(17)7-5-12/h4-8H,9H2,1-3H3,(H2,18,21). The average molecular weight is 320 g/mol. The first-order valence-corrected chi connectivity index (χ1v) is 7.40. The molecule has 1 aromatic heterocycles. The van der Waals surface area contributed by atoms with Crippen molar-refractivity contribution in [2.24, 2.45) is 5.73 Å². The van der Waals surface area contributed by atoms with Crippen molar-refractivity contribution in [2.75, 3.05) is 11.9 Å². The van der Waals surface area contributed by atoms with Crippen LogP contribution in [0, 0.1) is 13.8 Å². The fraction of sp³-hybridized carbons (Fsp3) is 0.250. The minimum atomic E-state index is 0.373. The minimum absolute atomic E-state index is 0.373. The Morgan fingerprint density at radius 2 is 1.90 bits per heavy atom. The van der Waals surface area contributed by atoms with Gasteiger partial charge in [0.1, 0.15) is 10.8 Å². The number of thiocarbonyl (C=S) groups is 1. The van der Waals surface area contributed by atoms with Crippen LogP contribution >= 0.6 is 23.8 Å². The summed E-state index contributed by atoms with van der Waals surface area (Å²) in [5, 5.41) is 0.731. The number of rotatable bonds is 4. The molecule has 0 fully saturated rings. The largest absolute Gasteiger partial charge is 0.389 e. The number of hydrogen-bond donors (Lipinski definition) is 1. The maximum Gasteiger partial charge on any atom is 0.139 e. The van der Waals surface area contributed by atoms with Gasteiger partial charge in [-0.3, -0.25) is 0 Å². The Balaban J connectivity index is 2.36. The van der Waals surface area contributed by atoms with Crippen molar-refractivity contribution < 1.29 is 0 Å². The van der Waals surface area contributed by atoms with E-state index in [4.69, 9.17) is 29.6 Å². The van der Waals surface area contributed by atoms with Gasteiger partial charge in [0, 0.05) is 24.3 Å². The topological polar surface area (TPSA) is 42.1 Å². The molecular weight excluding hydrogens is 302 g/mol. The summed E-state index contributed by atoms with van der Waals surface area (Å²) in [6.45, 7) is 4.68. The molecule has 0 aliphatic carbocycles. The van der Waals surface area contributed by atoms with Crippen LogP contribution in [0.2, 0.25) is 5.02 Å². The van der Waals surface area contributed by atoms with Crippen molar-refractivity contribution in [1.82, 2.24) is 4.98 Å². The number of hydrogen-bond acceptors (Lipinski definition) is 3. The van der Waals surface area contributed by atoms with Crippen LogP contribution in [0.4, 0.5) is 5.82 Å². The molecule has 0 unspecified atom stereocenters. The number of nitrogens with two attached hydrogens (primary N) is 1. The van der Waals surface area contributed by atoms with E-state index in [2.05, 4.69) is 9.88 Å². The van der Waals surface area contributed by atoms with E-state index in [0.29, 0.717) is 11.5 Å². The van der Waals surface area contributed by atoms with Gasteiger partial charge in [-0.05, 0) is 43.2 Å². The van der Waals surface area contributed by atoms with Crippen molar-refractivity contribution in [2.45, 2.75) is 20.4 Å².